The van der Waals surface area contributed by atoms with Crippen molar-refractivity contribution >= 4 is 5.84 Å². The fourth-order valence-corrected chi connectivity index (χ4v) is 2.25. The van der Waals surface area contributed by atoms with Crippen LogP contribution in [0, 0.1) is 5.92 Å². The first-order chi connectivity index (χ1) is 9.77. The highest BCUT2D eigenvalue weighted by Gasteiger charge is 2.15. The standard InChI is InChI=1S/C17H29N3O/c1-6-20(11-13(2)16(18)19-21)12-14-7-9-15(10-8-14)17(3,4)5/h7-10,13,21H,6,11-12H2,1-5H3,(H2,18,19). The Balaban J connectivity index is 2.69. The summed E-state index contributed by atoms with van der Waals surface area (Å²) in [5.41, 5.74) is 8.47. The van der Waals surface area contributed by atoms with Gasteiger partial charge >= 0.3 is 0 Å². The second kappa shape index (κ2) is 7.46. The lowest BCUT2D eigenvalue weighted by molar-refractivity contribution is 0.257. The fourth-order valence-electron chi connectivity index (χ4n) is 2.25. The Bertz CT molecular complexity index is 460. The van der Waals surface area contributed by atoms with Crippen molar-refractivity contribution in [2.75, 3.05) is 13.1 Å². The molecule has 0 saturated heterocycles. The number of hydrogen-bond acceptors (Lipinski definition) is 3. The summed E-state index contributed by atoms with van der Waals surface area (Å²) in [4.78, 5) is 2.30. The van der Waals surface area contributed by atoms with Gasteiger partial charge in [0.25, 0.3) is 0 Å². The highest BCUT2D eigenvalue weighted by Crippen LogP contribution is 2.22. The van der Waals surface area contributed by atoms with Gasteiger partial charge in [-0.1, -0.05) is 64.0 Å². The molecule has 4 heteroatoms. The van der Waals surface area contributed by atoms with Crippen LogP contribution in [0.3, 0.4) is 0 Å². The number of benzene rings is 1. The van der Waals surface area contributed by atoms with E-state index >= 15 is 0 Å². The summed E-state index contributed by atoms with van der Waals surface area (Å²) in [6.07, 6.45) is 0. The molecule has 0 aliphatic carbocycles. The number of nitrogens with two attached hydrogens (primary N) is 1. The van der Waals surface area contributed by atoms with Crippen LogP contribution < -0.4 is 5.73 Å². The zero-order valence-electron chi connectivity index (χ0n) is 13.9. The highest BCUT2D eigenvalue weighted by atomic mass is 16.4. The zero-order chi connectivity index (χ0) is 16.0. The fraction of sp³-hybridized carbons (Fsp3) is 0.588. The van der Waals surface area contributed by atoms with E-state index in [1.165, 1.54) is 11.1 Å². The van der Waals surface area contributed by atoms with Crippen molar-refractivity contribution in [2.45, 2.75) is 46.6 Å². The van der Waals surface area contributed by atoms with Crippen LogP contribution in [0.1, 0.15) is 45.7 Å². The minimum Gasteiger partial charge on any atom is -0.409 e. The lowest BCUT2D eigenvalue weighted by Gasteiger charge is -2.24. The summed E-state index contributed by atoms with van der Waals surface area (Å²) in [5.74, 6) is 0.334. The van der Waals surface area contributed by atoms with Crippen LogP contribution in [-0.2, 0) is 12.0 Å². The number of rotatable bonds is 6. The van der Waals surface area contributed by atoms with Gasteiger partial charge in [0.05, 0.1) is 0 Å². The van der Waals surface area contributed by atoms with Gasteiger partial charge in [-0.15, -0.1) is 0 Å². The maximum Gasteiger partial charge on any atom is 0.143 e. The Labute approximate surface area is 128 Å². The Morgan fingerprint density at radius 1 is 1.29 bits per heavy atom. The third-order valence-corrected chi connectivity index (χ3v) is 3.83. The molecule has 21 heavy (non-hydrogen) atoms. The maximum absolute atomic E-state index is 8.73. The number of oxime groups is 1. The first kappa shape index (κ1) is 17.5. The molecule has 1 rings (SSSR count). The van der Waals surface area contributed by atoms with Crippen molar-refractivity contribution in [2.24, 2.45) is 16.8 Å². The van der Waals surface area contributed by atoms with Crippen molar-refractivity contribution in [3.05, 3.63) is 35.4 Å². The Morgan fingerprint density at radius 3 is 2.29 bits per heavy atom. The van der Waals surface area contributed by atoms with Gasteiger partial charge < -0.3 is 10.9 Å². The van der Waals surface area contributed by atoms with Gasteiger partial charge in [0, 0.05) is 19.0 Å². The van der Waals surface area contributed by atoms with E-state index in [1.807, 2.05) is 6.92 Å². The molecular formula is C17H29N3O. The summed E-state index contributed by atoms with van der Waals surface area (Å²) in [5, 5.41) is 11.8. The smallest absolute Gasteiger partial charge is 0.143 e. The van der Waals surface area contributed by atoms with E-state index in [2.05, 4.69) is 62.0 Å². The molecule has 0 amide bonds. The van der Waals surface area contributed by atoms with Crippen LogP contribution in [-0.4, -0.2) is 29.0 Å². The predicted molar refractivity (Wildman–Crippen MR) is 88.7 cm³/mol. The molecule has 1 aromatic rings. The molecule has 3 N–H and O–H groups in total. The molecule has 0 heterocycles. The van der Waals surface area contributed by atoms with E-state index in [-0.39, 0.29) is 17.2 Å². The van der Waals surface area contributed by atoms with Gasteiger partial charge in [-0.25, -0.2) is 0 Å². The largest absolute Gasteiger partial charge is 0.409 e. The molecule has 1 aromatic carbocycles. The van der Waals surface area contributed by atoms with Crippen LogP contribution in [0.5, 0.6) is 0 Å². The highest BCUT2D eigenvalue weighted by molar-refractivity contribution is 5.82. The van der Waals surface area contributed by atoms with Crippen LogP contribution >= 0.6 is 0 Å². The summed E-state index contributed by atoms with van der Waals surface area (Å²) in [7, 11) is 0. The summed E-state index contributed by atoms with van der Waals surface area (Å²) in [6, 6.07) is 8.79. The van der Waals surface area contributed by atoms with Crippen LogP contribution in [0.15, 0.2) is 29.4 Å². The molecule has 118 valence electrons. The molecule has 0 aliphatic rings. The number of nitrogens with zero attached hydrogens (tertiary/aromatic N) is 2. The zero-order valence-corrected chi connectivity index (χ0v) is 13.9. The quantitative estimate of drug-likeness (QED) is 0.366. The van der Waals surface area contributed by atoms with Gasteiger partial charge in [0.2, 0.25) is 0 Å². The van der Waals surface area contributed by atoms with E-state index in [0.717, 1.165) is 19.6 Å². The van der Waals surface area contributed by atoms with Gasteiger partial charge in [-0.05, 0) is 23.1 Å². The van der Waals surface area contributed by atoms with Crippen LogP contribution in [0.4, 0.5) is 0 Å². The second-order valence-corrected chi connectivity index (χ2v) is 6.70. The van der Waals surface area contributed by atoms with Crippen LogP contribution in [0.25, 0.3) is 0 Å². The molecule has 0 saturated carbocycles. The lowest BCUT2D eigenvalue weighted by atomic mass is 9.87. The Morgan fingerprint density at radius 2 is 1.86 bits per heavy atom. The SMILES string of the molecule is CCN(Cc1ccc(C(C)(C)C)cc1)CC(C)C(N)=NO. The normalized spacial score (nSPS) is 14.5. The first-order valence-electron chi connectivity index (χ1n) is 7.57. The molecular weight excluding hydrogens is 262 g/mol. The van der Waals surface area contributed by atoms with Gasteiger partial charge in [0.15, 0.2) is 0 Å². The average Bonchev–Trinajstić information content (AvgIpc) is 2.45. The average molecular weight is 291 g/mol. The topological polar surface area (TPSA) is 61.8 Å². The van der Waals surface area contributed by atoms with Crippen molar-refractivity contribution in [1.82, 2.24) is 4.90 Å². The van der Waals surface area contributed by atoms with E-state index in [9.17, 15) is 0 Å². The van der Waals surface area contributed by atoms with Crippen molar-refractivity contribution < 1.29 is 5.21 Å². The molecule has 0 aliphatic heterocycles. The van der Waals surface area contributed by atoms with Crippen molar-refractivity contribution in [3.8, 4) is 0 Å². The monoisotopic (exact) mass is 291 g/mol. The van der Waals surface area contributed by atoms with Gasteiger partial charge in [-0.3, -0.25) is 4.90 Å². The number of amidine groups is 1. The first-order valence-corrected chi connectivity index (χ1v) is 7.57. The summed E-state index contributed by atoms with van der Waals surface area (Å²) < 4.78 is 0. The van der Waals surface area contributed by atoms with Crippen molar-refractivity contribution in [1.29, 1.82) is 0 Å². The van der Waals surface area contributed by atoms with Gasteiger partial charge in [0.1, 0.15) is 5.84 Å². The molecule has 0 spiro atoms. The van der Waals surface area contributed by atoms with Crippen LogP contribution in [0.2, 0.25) is 0 Å². The lowest BCUT2D eigenvalue weighted by Crippen LogP contribution is -2.34. The maximum atomic E-state index is 8.73. The minimum absolute atomic E-state index is 0.0452. The third kappa shape index (κ3) is 5.38. The van der Waals surface area contributed by atoms with E-state index in [0.29, 0.717) is 0 Å². The third-order valence-electron chi connectivity index (χ3n) is 3.83. The van der Waals surface area contributed by atoms with E-state index in [1.54, 1.807) is 0 Å². The number of hydrogen-bond donors (Lipinski definition) is 2. The predicted octanol–water partition coefficient (Wildman–Crippen LogP) is 3.19. The molecule has 0 bridgehead atoms. The second-order valence-electron chi connectivity index (χ2n) is 6.70. The summed E-state index contributed by atoms with van der Waals surface area (Å²) >= 11 is 0. The molecule has 0 fully saturated rings. The minimum atomic E-state index is 0.0452. The summed E-state index contributed by atoms with van der Waals surface area (Å²) in [6.45, 7) is 13.4. The Hall–Kier alpha value is -1.55. The van der Waals surface area contributed by atoms with E-state index < -0.39 is 0 Å². The molecule has 4 nitrogen and oxygen atoms in total. The molecule has 1 unspecified atom stereocenters. The van der Waals surface area contributed by atoms with Crippen molar-refractivity contribution in [3.63, 3.8) is 0 Å². The molecule has 1 atom stereocenters. The molecule has 0 radical (unpaired) electrons. The molecule has 0 aromatic heterocycles. The van der Waals surface area contributed by atoms with Gasteiger partial charge in [-0.2, -0.15) is 0 Å². The van der Waals surface area contributed by atoms with E-state index in [4.69, 9.17) is 10.9 Å². The Kier molecular flexibility index (Phi) is 6.21.